The van der Waals surface area contributed by atoms with Gasteiger partial charge in [-0.15, -0.1) is 0 Å². The van der Waals surface area contributed by atoms with Gasteiger partial charge in [-0.3, -0.25) is 9.59 Å². The van der Waals surface area contributed by atoms with E-state index in [0.29, 0.717) is 11.8 Å². The minimum absolute atomic E-state index is 0.0538. The van der Waals surface area contributed by atoms with Crippen LogP contribution in [0.3, 0.4) is 0 Å². The summed E-state index contributed by atoms with van der Waals surface area (Å²) in [5.41, 5.74) is 0. The van der Waals surface area contributed by atoms with Crippen LogP contribution < -0.4 is 0 Å². The second-order valence-corrected chi connectivity index (χ2v) is 5.61. The standard InChI is InChI=1S/C12H14O3/c13-11-9-7-4-8(10(9)12(14)15-11)6-3-1-2-5(6)7/h5-10H,1-4H2/t5?,6?,7-,8+,9?,10?. The highest BCUT2D eigenvalue weighted by Gasteiger charge is 2.66. The fourth-order valence-electron chi connectivity index (χ4n) is 4.98. The number of hydrogen-bond acceptors (Lipinski definition) is 3. The first-order valence-corrected chi connectivity index (χ1v) is 6.03. The third-order valence-corrected chi connectivity index (χ3v) is 5.32. The number of fused-ring (bicyclic) bond motifs is 8. The van der Waals surface area contributed by atoms with Gasteiger partial charge in [0.2, 0.25) is 0 Å². The fraction of sp³-hybridized carbons (Fsp3) is 0.833. The smallest absolute Gasteiger partial charge is 0.317 e. The molecule has 15 heavy (non-hydrogen) atoms. The van der Waals surface area contributed by atoms with Crippen LogP contribution >= 0.6 is 0 Å². The first-order valence-electron chi connectivity index (χ1n) is 6.03. The van der Waals surface area contributed by atoms with Crippen LogP contribution in [0.5, 0.6) is 0 Å². The van der Waals surface area contributed by atoms with Gasteiger partial charge >= 0.3 is 11.9 Å². The molecular formula is C12H14O3. The molecule has 0 N–H and O–H groups in total. The lowest BCUT2D eigenvalue weighted by Crippen LogP contribution is -2.34. The van der Waals surface area contributed by atoms with Gasteiger partial charge in [0, 0.05) is 0 Å². The number of esters is 2. The van der Waals surface area contributed by atoms with Crippen molar-refractivity contribution in [2.75, 3.05) is 0 Å². The van der Waals surface area contributed by atoms with Crippen LogP contribution in [0.15, 0.2) is 0 Å². The molecule has 0 spiro atoms. The van der Waals surface area contributed by atoms with Gasteiger partial charge in [0.15, 0.2) is 0 Å². The molecule has 1 aliphatic heterocycles. The monoisotopic (exact) mass is 206 g/mol. The molecular weight excluding hydrogens is 192 g/mol. The Hall–Kier alpha value is -0.860. The predicted octanol–water partition coefficient (Wildman–Crippen LogP) is 1.37. The Labute approximate surface area is 88.2 Å². The highest BCUT2D eigenvalue weighted by atomic mass is 16.6. The molecule has 3 saturated carbocycles. The highest BCUT2D eigenvalue weighted by Crippen LogP contribution is 2.65. The molecule has 0 amide bonds. The minimum Gasteiger partial charge on any atom is -0.393 e. The van der Waals surface area contributed by atoms with Crippen molar-refractivity contribution in [2.45, 2.75) is 25.7 Å². The van der Waals surface area contributed by atoms with Crippen molar-refractivity contribution in [3.8, 4) is 0 Å². The molecule has 0 aromatic carbocycles. The first-order chi connectivity index (χ1) is 7.27. The molecule has 6 atom stereocenters. The molecule has 0 radical (unpaired) electrons. The lowest BCUT2D eigenvalue weighted by molar-refractivity contribution is -0.154. The Morgan fingerprint density at radius 1 is 0.867 bits per heavy atom. The average Bonchev–Trinajstić information content (AvgIpc) is 2.88. The Bertz CT molecular complexity index is 330. The maximum Gasteiger partial charge on any atom is 0.317 e. The van der Waals surface area contributed by atoms with E-state index in [1.165, 1.54) is 19.3 Å². The second-order valence-electron chi connectivity index (χ2n) is 5.61. The van der Waals surface area contributed by atoms with Crippen molar-refractivity contribution >= 4 is 11.9 Å². The number of carbonyl (C=O) groups excluding carboxylic acids is 2. The molecule has 80 valence electrons. The van der Waals surface area contributed by atoms with Crippen molar-refractivity contribution in [1.29, 1.82) is 0 Å². The van der Waals surface area contributed by atoms with Crippen molar-refractivity contribution in [3.63, 3.8) is 0 Å². The van der Waals surface area contributed by atoms with Gasteiger partial charge in [-0.1, -0.05) is 6.42 Å². The van der Waals surface area contributed by atoms with Crippen LogP contribution in [0.25, 0.3) is 0 Å². The van der Waals surface area contributed by atoms with Gasteiger partial charge in [-0.25, -0.2) is 0 Å². The lowest BCUT2D eigenvalue weighted by atomic mass is 9.70. The molecule has 4 aliphatic rings. The van der Waals surface area contributed by atoms with E-state index in [0.717, 1.165) is 18.3 Å². The average molecular weight is 206 g/mol. The summed E-state index contributed by atoms with van der Waals surface area (Å²) in [5, 5.41) is 0. The van der Waals surface area contributed by atoms with Crippen molar-refractivity contribution < 1.29 is 14.3 Å². The summed E-state index contributed by atoms with van der Waals surface area (Å²) < 4.78 is 4.80. The van der Waals surface area contributed by atoms with E-state index in [4.69, 9.17) is 4.74 Å². The molecule has 3 aliphatic carbocycles. The SMILES string of the molecule is O=C1OC(=O)C2C1[C@@H]1C[C@H]2C2CCCC21. The third kappa shape index (κ3) is 0.800. The normalized spacial score (nSPS) is 55.7. The second kappa shape index (κ2) is 2.45. The van der Waals surface area contributed by atoms with Crippen LogP contribution in [0.1, 0.15) is 25.7 Å². The maximum absolute atomic E-state index is 11.6. The lowest BCUT2D eigenvalue weighted by Gasteiger charge is -2.30. The zero-order chi connectivity index (χ0) is 10.2. The number of ether oxygens (including phenoxy) is 1. The summed E-state index contributed by atoms with van der Waals surface area (Å²) in [6.07, 6.45) is 4.96. The molecule has 1 heterocycles. The molecule has 0 aromatic rings. The van der Waals surface area contributed by atoms with E-state index in [2.05, 4.69) is 0 Å². The maximum atomic E-state index is 11.6. The van der Waals surface area contributed by atoms with Gasteiger partial charge in [-0.05, 0) is 42.9 Å². The molecule has 4 rings (SSSR count). The Morgan fingerprint density at radius 3 is 1.93 bits per heavy atom. The van der Waals surface area contributed by atoms with Crippen LogP contribution in [-0.4, -0.2) is 11.9 Å². The molecule has 3 heteroatoms. The Balaban J connectivity index is 1.78. The van der Waals surface area contributed by atoms with E-state index in [1.54, 1.807) is 0 Å². The van der Waals surface area contributed by atoms with Crippen LogP contribution in [0, 0.1) is 35.5 Å². The van der Waals surface area contributed by atoms with E-state index >= 15 is 0 Å². The van der Waals surface area contributed by atoms with E-state index < -0.39 is 0 Å². The zero-order valence-electron chi connectivity index (χ0n) is 8.52. The van der Waals surface area contributed by atoms with Crippen LogP contribution in [0.4, 0.5) is 0 Å². The van der Waals surface area contributed by atoms with Crippen LogP contribution in [0.2, 0.25) is 0 Å². The zero-order valence-corrected chi connectivity index (χ0v) is 8.52. The molecule has 1 saturated heterocycles. The predicted molar refractivity (Wildman–Crippen MR) is 50.5 cm³/mol. The molecule has 2 bridgehead atoms. The number of carbonyl (C=O) groups is 2. The van der Waals surface area contributed by atoms with Gasteiger partial charge in [0.25, 0.3) is 0 Å². The fourth-order valence-corrected chi connectivity index (χ4v) is 4.98. The van der Waals surface area contributed by atoms with E-state index in [1.807, 2.05) is 0 Å². The summed E-state index contributed by atoms with van der Waals surface area (Å²) in [5.74, 6) is 1.87. The van der Waals surface area contributed by atoms with Crippen molar-refractivity contribution in [1.82, 2.24) is 0 Å². The van der Waals surface area contributed by atoms with Gasteiger partial charge in [0.05, 0.1) is 11.8 Å². The van der Waals surface area contributed by atoms with Gasteiger partial charge < -0.3 is 4.74 Å². The number of rotatable bonds is 0. The summed E-state index contributed by atoms with van der Waals surface area (Å²) in [6.45, 7) is 0. The summed E-state index contributed by atoms with van der Waals surface area (Å²) in [4.78, 5) is 23.2. The third-order valence-electron chi connectivity index (χ3n) is 5.32. The van der Waals surface area contributed by atoms with Crippen molar-refractivity contribution in [3.05, 3.63) is 0 Å². The van der Waals surface area contributed by atoms with Crippen molar-refractivity contribution in [2.24, 2.45) is 35.5 Å². The topological polar surface area (TPSA) is 43.4 Å². The minimum atomic E-state index is -0.220. The number of hydrogen-bond donors (Lipinski definition) is 0. The Morgan fingerprint density at radius 2 is 1.40 bits per heavy atom. The largest absolute Gasteiger partial charge is 0.393 e. The van der Waals surface area contributed by atoms with Crippen LogP contribution in [-0.2, 0) is 14.3 Å². The quantitative estimate of drug-likeness (QED) is 0.444. The molecule has 3 nitrogen and oxygen atoms in total. The summed E-state index contributed by atoms with van der Waals surface area (Å²) in [6, 6.07) is 0. The van der Waals surface area contributed by atoms with Gasteiger partial charge in [-0.2, -0.15) is 0 Å². The summed E-state index contributed by atoms with van der Waals surface area (Å²) >= 11 is 0. The first kappa shape index (κ1) is 8.31. The molecule has 4 fully saturated rings. The van der Waals surface area contributed by atoms with Gasteiger partial charge in [0.1, 0.15) is 0 Å². The number of cyclic esters (lactones) is 2. The molecule has 0 aromatic heterocycles. The van der Waals surface area contributed by atoms with E-state index in [-0.39, 0.29) is 23.8 Å². The Kier molecular flexibility index (Phi) is 1.35. The van der Waals surface area contributed by atoms with E-state index in [9.17, 15) is 9.59 Å². The summed E-state index contributed by atoms with van der Waals surface area (Å²) in [7, 11) is 0. The molecule has 4 unspecified atom stereocenters. The highest BCUT2D eigenvalue weighted by molar-refractivity contribution is 5.97.